The fourth-order valence-electron chi connectivity index (χ4n) is 2.87. The minimum absolute atomic E-state index is 0.527. The molecule has 3 rings (SSSR count). The zero-order valence-electron chi connectivity index (χ0n) is 12.0. The van der Waals surface area contributed by atoms with Crippen LogP contribution in [0.5, 0.6) is 0 Å². The smallest absolute Gasteiger partial charge is 0.225 e. The van der Waals surface area contributed by atoms with Gasteiger partial charge < -0.3 is 10.6 Å². The fraction of sp³-hybridized carbons (Fsp3) is 0.500. The van der Waals surface area contributed by atoms with Crippen molar-refractivity contribution in [2.45, 2.75) is 45.1 Å². The minimum atomic E-state index is 0.527. The summed E-state index contributed by atoms with van der Waals surface area (Å²) in [5.41, 5.74) is 0.997. The standard InChI is InChI=1S/C16H22N4/c1-2-17-15-13-10-6-7-11-14(13)19-16(20-15)18-12-8-4-3-5-9-12/h6-7,10-12H,2-5,8-9H2,1H3,(H2,17,18,19,20). The maximum atomic E-state index is 4.65. The van der Waals surface area contributed by atoms with Gasteiger partial charge in [-0.05, 0) is 31.9 Å². The van der Waals surface area contributed by atoms with E-state index in [0.717, 1.165) is 29.2 Å². The van der Waals surface area contributed by atoms with Gasteiger partial charge in [-0.25, -0.2) is 4.98 Å². The third-order valence-electron chi connectivity index (χ3n) is 3.89. The quantitative estimate of drug-likeness (QED) is 0.887. The molecule has 1 aliphatic rings. The van der Waals surface area contributed by atoms with Crippen LogP contribution in [0.1, 0.15) is 39.0 Å². The van der Waals surface area contributed by atoms with Crippen LogP contribution in [0.15, 0.2) is 24.3 Å². The summed E-state index contributed by atoms with van der Waals surface area (Å²) in [7, 11) is 0. The van der Waals surface area contributed by atoms with E-state index in [-0.39, 0.29) is 0 Å². The first-order valence-electron chi connectivity index (χ1n) is 7.64. The van der Waals surface area contributed by atoms with E-state index in [2.05, 4.69) is 33.6 Å². The molecular weight excluding hydrogens is 248 g/mol. The van der Waals surface area contributed by atoms with E-state index in [4.69, 9.17) is 0 Å². The van der Waals surface area contributed by atoms with Crippen molar-refractivity contribution in [3.05, 3.63) is 24.3 Å². The van der Waals surface area contributed by atoms with E-state index in [1.807, 2.05) is 18.2 Å². The number of hydrogen-bond acceptors (Lipinski definition) is 4. The molecule has 0 unspecified atom stereocenters. The topological polar surface area (TPSA) is 49.8 Å². The second-order valence-electron chi connectivity index (χ2n) is 5.42. The van der Waals surface area contributed by atoms with Crippen molar-refractivity contribution >= 4 is 22.7 Å². The second kappa shape index (κ2) is 6.07. The molecule has 20 heavy (non-hydrogen) atoms. The summed E-state index contributed by atoms with van der Waals surface area (Å²) >= 11 is 0. The molecule has 4 nitrogen and oxygen atoms in total. The van der Waals surface area contributed by atoms with Crippen LogP contribution < -0.4 is 10.6 Å². The second-order valence-corrected chi connectivity index (χ2v) is 5.42. The third-order valence-corrected chi connectivity index (χ3v) is 3.89. The average molecular weight is 270 g/mol. The maximum absolute atomic E-state index is 4.65. The monoisotopic (exact) mass is 270 g/mol. The van der Waals surface area contributed by atoms with Crippen LogP contribution in [-0.4, -0.2) is 22.6 Å². The molecule has 1 fully saturated rings. The fourth-order valence-corrected chi connectivity index (χ4v) is 2.87. The largest absolute Gasteiger partial charge is 0.370 e. The van der Waals surface area contributed by atoms with Gasteiger partial charge in [-0.2, -0.15) is 4.98 Å². The van der Waals surface area contributed by atoms with Crippen LogP contribution in [-0.2, 0) is 0 Å². The molecule has 1 saturated carbocycles. The Labute approximate surface area is 120 Å². The van der Waals surface area contributed by atoms with E-state index in [0.29, 0.717) is 6.04 Å². The van der Waals surface area contributed by atoms with Gasteiger partial charge in [0.05, 0.1) is 5.52 Å². The molecule has 0 amide bonds. The predicted molar refractivity (Wildman–Crippen MR) is 84.2 cm³/mol. The van der Waals surface area contributed by atoms with Crippen LogP contribution in [0.2, 0.25) is 0 Å². The Balaban J connectivity index is 1.90. The van der Waals surface area contributed by atoms with Crippen LogP contribution >= 0.6 is 0 Å². The van der Waals surface area contributed by atoms with E-state index in [1.54, 1.807) is 0 Å². The summed E-state index contributed by atoms with van der Waals surface area (Å²) < 4.78 is 0. The zero-order chi connectivity index (χ0) is 13.8. The van der Waals surface area contributed by atoms with Gasteiger partial charge in [-0.15, -0.1) is 0 Å². The molecule has 1 heterocycles. The summed E-state index contributed by atoms with van der Waals surface area (Å²) in [6.45, 7) is 2.95. The molecule has 1 aromatic heterocycles. The highest BCUT2D eigenvalue weighted by Crippen LogP contribution is 2.24. The molecule has 106 valence electrons. The first-order chi connectivity index (χ1) is 9.86. The highest BCUT2D eigenvalue weighted by molar-refractivity contribution is 5.89. The van der Waals surface area contributed by atoms with Crippen molar-refractivity contribution in [2.24, 2.45) is 0 Å². The molecule has 0 spiro atoms. The molecule has 1 aromatic carbocycles. The van der Waals surface area contributed by atoms with Gasteiger partial charge in [0.1, 0.15) is 5.82 Å². The normalized spacial score (nSPS) is 16.2. The number of anilines is 2. The summed E-state index contributed by atoms with van der Waals surface area (Å²) in [6.07, 6.45) is 6.44. The minimum Gasteiger partial charge on any atom is -0.370 e. The number of nitrogens with zero attached hydrogens (tertiary/aromatic N) is 2. The lowest BCUT2D eigenvalue weighted by Crippen LogP contribution is -2.23. The number of fused-ring (bicyclic) bond motifs is 1. The Morgan fingerprint density at radius 1 is 1.10 bits per heavy atom. The molecule has 0 atom stereocenters. The third kappa shape index (κ3) is 2.84. The summed E-state index contributed by atoms with van der Waals surface area (Å²) in [5.74, 6) is 1.68. The van der Waals surface area contributed by atoms with Gasteiger partial charge in [0.25, 0.3) is 0 Å². The predicted octanol–water partition coefficient (Wildman–Crippen LogP) is 3.81. The van der Waals surface area contributed by atoms with Crippen LogP contribution in [0.25, 0.3) is 10.9 Å². The van der Waals surface area contributed by atoms with Crippen LogP contribution in [0, 0.1) is 0 Å². The molecule has 0 bridgehead atoms. The number of aromatic nitrogens is 2. The van der Waals surface area contributed by atoms with Crippen LogP contribution in [0.3, 0.4) is 0 Å². The highest BCUT2D eigenvalue weighted by atomic mass is 15.2. The molecule has 0 radical (unpaired) electrons. The molecule has 0 saturated heterocycles. The van der Waals surface area contributed by atoms with Gasteiger partial charge >= 0.3 is 0 Å². The van der Waals surface area contributed by atoms with Crippen molar-refractivity contribution in [3.8, 4) is 0 Å². The lowest BCUT2D eigenvalue weighted by molar-refractivity contribution is 0.461. The lowest BCUT2D eigenvalue weighted by Gasteiger charge is -2.23. The number of hydrogen-bond donors (Lipinski definition) is 2. The van der Waals surface area contributed by atoms with E-state index in [1.165, 1.54) is 32.1 Å². The van der Waals surface area contributed by atoms with E-state index >= 15 is 0 Å². The first-order valence-corrected chi connectivity index (χ1v) is 7.64. The molecule has 0 aliphatic heterocycles. The van der Waals surface area contributed by atoms with Crippen molar-refractivity contribution in [1.29, 1.82) is 0 Å². The Morgan fingerprint density at radius 2 is 1.90 bits per heavy atom. The van der Waals surface area contributed by atoms with Gasteiger partial charge in [-0.3, -0.25) is 0 Å². The SMILES string of the molecule is CCNc1nc(NC2CCCCC2)nc2ccccc12. The lowest BCUT2D eigenvalue weighted by atomic mass is 9.96. The van der Waals surface area contributed by atoms with Gasteiger partial charge in [0.15, 0.2) is 0 Å². The average Bonchev–Trinajstić information content (AvgIpc) is 2.49. The summed E-state index contributed by atoms with van der Waals surface area (Å²) in [6, 6.07) is 8.69. The van der Waals surface area contributed by atoms with Gasteiger partial charge in [0, 0.05) is 18.0 Å². The van der Waals surface area contributed by atoms with Crippen molar-refractivity contribution < 1.29 is 0 Å². The van der Waals surface area contributed by atoms with E-state index in [9.17, 15) is 0 Å². The van der Waals surface area contributed by atoms with Crippen LogP contribution in [0.4, 0.5) is 11.8 Å². The van der Waals surface area contributed by atoms with Crippen molar-refractivity contribution in [1.82, 2.24) is 9.97 Å². The number of benzene rings is 1. The van der Waals surface area contributed by atoms with E-state index < -0.39 is 0 Å². The Kier molecular flexibility index (Phi) is 4.00. The molecule has 1 aliphatic carbocycles. The first kappa shape index (κ1) is 13.2. The number of para-hydroxylation sites is 1. The molecule has 2 N–H and O–H groups in total. The molecule has 4 heteroatoms. The Bertz CT molecular complexity index is 576. The Hall–Kier alpha value is -1.84. The van der Waals surface area contributed by atoms with Gasteiger partial charge in [0.2, 0.25) is 5.95 Å². The Morgan fingerprint density at radius 3 is 2.70 bits per heavy atom. The molecular formula is C16H22N4. The van der Waals surface area contributed by atoms with Crippen molar-refractivity contribution in [3.63, 3.8) is 0 Å². The summed E-state index contributed by atoms with van der Waals surface area (Å²) in [4.78, 5) is 9.30. The van der Waals surface area contributed by atoms with Gasteiger partial charge in [-0.1, -0.05) is 31.4 Å². The maximum Gasteiger partial charge on any atom is 0.225 e. The highest BCUT2D eigenvalue weighted by Gasteiger charge is 2.15. The number of nitrogens with one attached hydrogen (secondary N) is 2. The number of rotatable bonds is 4. The molecule has 2 aromatic rings. The summed E-state index contributed by atoms with van der Waals surface area (Å²) in [5, 5.41) is 7.93. The zero-order valence-corrected chi connectivity index (χ0v) is 12.0. The van der Waals surface area contributed by atoms with Crippen molar-refractivity contribution in [2.75, 3.05) is 17.2 Å².